The van der Waals surface area contributed by atoms with E-state index >= 15 is 0 Å². The van der Waals surface area contributed by atoms with Gasteiger partial charge in [-0.15, -0.1) is 9.24 Å². The van der Waals surface area contributed by atoms with Gasteiger partial charge >= 0.3 is 5.69 Å². The van der Waals surface area contributed by atoms with Gasteiger partial charge in [0.2, 0.25) is 5.91 Å². The molecular formula is C31H33FN5O4P. The van der Waals surface area contributed by atoms with Crippen LogP contribution in [0.4, 0.5) is 10.2 Å². The van der Waals surface area contributed by atoms with Crippen LogP contribution in [-0.2, 0) is 11.4 Å². The summed E-state index contributed by atoms with van der Waals surface area (Å²) in [5, 5.41) is 5.36. The Morgan fingerprint density at radius 1 is 1.24 bits per heavy atom. The number of carbonyl (C=O) groups excluding carboxylic acids is 1. The van der Waals surface area contributed by atoms with Crippen LogP contribution in [0.15, 0.2) is 40.2 Å². The average Bonchev–Trinajstić information content (AvgIpc) is 3.35. The number of benzene rings is 2. The summed E-state index contributed by atoms with van der Waals surface area (Å²) < 4.78 is 28.6. The van der Waals surface area contributed by atoms with E-state index in [1.54, 1.807) is 17.9 Å². The minimum Gasteiger partial charge on any atom is -0.486 e. The molecule has 11 heteroatoms. The molecule has 0 bridgehead atoms. The first kappa shape index (κ1) is 28.1. The number of aromatic nitrogens is 3. The zero-order chi connectivity index (χ0) is 30.0. The third-order valence-electron chi connectivity index (χ3n) is 8.20. The topological polar surface area (TPSA) is 93.7 Å². The number of halogens is 1. The van der Waals surface area contributed by atoms with Gasteiger partial charge in [-0.3, -0.25) is 9.36 Å². The molecule has 0 spiro atoms. The lowest BCUT2D eigenvalue weighted by Gasteiger charge is -2.40. The summed E-state index contributed by atoms with van der Waals surface area (Å²) >= 11 is 0. The van der Waals surface area contributed by atoms with E-state index in [0.29, 0.717) is 64.6 Å². The first-order valence-electron chi connectivity index (χ1n) is 14.0. The number of aryl methyl sites for hydroxylation is 2. The van der Waals surface area contributed by atoms with Gasteiger partial charge in [-0.1, -0.05) is 31.6 Å². The van der Waals surface area contributed by atoms with E-state index in [1.165, 1.54) is 16.7 Å². The Morgan fingerprint density at radius 3 is 2.69 bits per heavy atom. The largest absolute Gasteiger partial charge is 0.486 e. The molecule has 1 unspecified atom stereocenters. The Morgan fingerprint density at radius 2 is 2.00 bits per heavy atom. The van der Waals surface area contributed by atoms with Gasteiger partial charge in [-0.25, -0.2) is 9.18 Å². The van der Waals surface area contributed by atoms with Crippen LogP contribution in [0.1, 0.15) is 49.3 Å². The van der Waals surface area contributed by atoms with Gasteiger partial charge in [0.1, 0.15) is 35.1 Å². The molecule has 4 aromatic rings. The van der Waals surface area contributed by atoms with Crippen molar-refractivity contribution in [1.82, 2.24) is 19.6 Å². The molecule has 1 fully saturated rings. The van der Waals surface area contributed by atoms with E-state index in [4.69, 9.17) is 9.26 Å². The quantitative estimate of drug-likeness (QED) is 0.255. The second-order valence-corrected chi connectivity index (χ2v) is 11.9. The molecule has 9 nitrogen and oxygen atoms in total. The molecule has 0 N–H and O–H groups in total. The maximum absolute atomic E-state index is 14.9. The number of hydrogen-bond donors (Lipinski definition) is 0. The summed E-state index contributed by atoms with van der Waals surface area (Å²) in [6.07, 6.45) is 1.32. The lowest BCUT2D eigenvalue weighted by molar-refractivity contribution is -0.126. The van der Waals surface area contributed by atoms with Crippen LogP contribution >= 0.6 is 9.24 Å². The molecule has 6 rings (SSSR count). The van der Waals surface area contributed by atoms with E-state index in [9.17, 15) is 14.0 Å². The monoisotopic (exact) mass is 589 g/mol. The molecule has 4 heterocycles. The third-order valence-corrected chi connectivity index (χ3v) is 8.77. The number of ether oxygens (including phenoxy) is 1. The molecule has 0 aliphatic carbocycles. The second kappa shape index (κ2) is 10.3. The zero-order valence-corrected chi connectivity index (χ0v) is 25.5. The summed E-state index contributed by atoms with van der Waals surface area (Å²) in [7, 11) is 2.53. The van der Waals surface area contributed by atoms with Crippen molar-refractivity contribution >= 4 is 37.2 Å². The summed E-state index contributed by atoms with van der Waals surface area (Å²) in [6.45, 7) is 14.9. The molecule has 2 aliphatic rings. The SMILES string of the molecule is C=CC(=O)N1CCN(c2nc(=O)n(-c3c(C)noc3C(C)C)c3c4c(c(C)cc23)-c2c(ccc(F)c2P)CO4)[C@@H](C)C1. The van der Waals surface area contributed by atoms with Gasteiger partial charge in [0.05, 0.1) is 0 Å². The Bertz CT molecular complexity index is 1850. The number of rotatable bonds is 4. The van der Waals surface area contributed by atoms with Crippen LogP contribution in [0.5, 0.6) is 5.75 Å². The summed E-state index contributed by atoms with van der Waals surface area (Å²) in [5.74, 6) is 1.02. The maximum atomic E-state index is 14.9. The Kier molecular flexibility index (Phi) is 6.92. The van der Waals surface area contributed by atoms with E-state index < -0.39 is 5.69 Å². The predicted molar refractivity (Wildman–Crippen MR) is 164 cm³/mol. The van der Waals surface area contributed by atoms with E-state index in [1.807, 2.05) is 33.8 Å². The fraction of sp³-hybridized carbons (Fsp3) is 0.355. The minimum atomic E-state index is -0.506. The number of fused-ring (bicyclic) bond motifs is 5. The molecule has 218 valence electrons. The fourth-order valence-electron chi connectivity index (χ4n) is 6.18. The number of amides is 1. The second-order valence-electron chi connectivity index (χ2n) is 11.3. The number of carbonyl (C=O) groups is 1. The minimum absolute atomic E-state index is 0.0611. The molecule has 0 radical (unpaired) electrons. The van der Waals surface area contributed by atoms with Crippen molar-refractivity contribution in [2.24, 2.45) is 0 Å². The van der Waals surface area contributed by atoms with E-state index in [-0.39, 0.29) is 30.3 Å². The molecule has 2 aliphatic heterocycles. The van der Waals surface area contributed by atoms with Gasteiger partial charge in [-0.05, 0) is 50.1 Å². The van der Waals surface area contributed by atoms with Gasteiger partial charge in [0.25, 0.3) is 0 Å². The smallest absolute Gasteiger partial charge is 0.354 e. The van der Waals surface area contributed by atoms with Crippen LogP contribution in [0.3, 0.4) is 0 Å². The molecule has 2 aromatic heterocycles. The molecule has 2 aromatic carbocycles. The fourth-order valence-corrected chi connectivity index (χ4v) is 6.61. The normalized spacial score (nSPS) is 16.4. The first-order chi connectivity index (χ1) is 20.0. The lowest BCUT2D eigenvalue weighted by atomic mass is 9.91. The highest BCUT2D eigenvalue weighted by Gasteiger charge is 2.34. The first-order valence-corrected chi connectivity index (χ1v) is 14.6. The predicted octanol–water partition coefficient (Wildman–Crippen LogP) is 4.54. The van der Waals surface area contributed by atoms with Crippen LogP contribution < -0.4 is 20.6 Å². The van der Waals surface area contributed by atoms with Crippen molar-refractivity contribution in [1.29, 1.82) is 0 Å². The lowest BCUT2D eigenvalue weighted by Crippen LogP contribution is -2.54. The number of anilines is 1. The third kappa shape index (κ3) is 4.23. The molecule has 2 atom stereocenters. The zero-order valence-electron chi connectivity index (χ0n) is 24.3. The van der Waals surface area contributed by atoms with Crippen LogP contribution in [-0.4, -0.2) is 51.2 Å². The van der Waals surface area contributed by atoms with Crippen molar-refractivity contribution in [3.8, 4) is 22.6 Å². The molecule has 1 amide bonds. The number of piperazine rings is 1. The van der Waals surface area contributed by atoms with E-state index in [0.717, 1.165) is 22.3 Å². The number of hydrogen-bond acceptors (Lipinski definition) is 7. The van der Waals surface area contributed by atoms with Gasteiger partial charge in [0.15, 0.2) is 11.5 Å². The van der Waals surface area contributed by atoms with Crippen molar-refractivity contribution in [3.63, 3.8) is 0 Å². The van der Waals surface area contributed by atoms with Crippen LogP contribution in [0, 0.1) is 19.7 Å². The molecule has 0 saturated carbocycles. The summed E-state index contributed by atoms with van der Waals surface area (Å²) in [4.78, 5) is 34.9. The van der Waals surface area contributed by atoms with E-state index in [2.05, 4.69) is 30.9 Å². The molecule has 1 saturated heterocycles. The Hall–Kier alpha value is -4.04. The standard InChI is InChI=1S/C31H33FN5O4P/c1-7-22(38)35-10-11-36(17(5)13-35)30-20-12-16(4)23-24-19(8-9-21(32)29(24)42)14-40-28(23)26(20)37(31(39)33-30)25-18(6)34-41-27(25)15(2)3/h7-9,12,15,17H,1,10-11,13-14,42H2,2-6H3/t17-/m0/s1. The highest BCUT2D eigenvalue weighted by atomic mass is 31.0. The average molecular weight is 590 g/mol. The van der Waals surface area contributed by atoms with Gasteiger partial charge < -0.3 is 19.1 Å². The maximum Gasteiger partial charge on any atom is 0.354 e. The molecule has 42 heavy (non-hydrogen) atoms. The van der Waals surface area contributed by atoms with Crippen molar-refractivity contribution in [2.45, 2.75) is 53.2 Å². The number of nitrogens with zero attached hydrogens (tertiary/aromatic N) is 5. The highest BCUT2D eigenvalue weighted by Crippen LogP contribution is 2.47. The van der Waals surface area contributed by atoms with Crippen LogP contribution in [0.25, 0.3) is 27.7 Å². The molecular weight excluding hydrogens is 556 g/mol. The highest BCUT2D eigenvalue weighted by molar-refractivity contribution is 7.28. The van der Waals surface area contributed by atoms with Gasteiger partial charge in [-0.2, -0.15) is 4.98 Å². The van der Waals surface area contributed by atoms with Crippen molar-refractivity contribution in [3.05, 3.63) is 69.7 Å². The van der Waals surface area contributed by atoms with Gasteiger partial charge in [0, 0.05) is 53.4 Å². The van der Waals surface area contributed by atoms with Crippen molar-refractivity contribution < 1.29 is 18.4 Å². The van der Waals surface area contributed by atoms with Crippen molar-refractivity contribution in [2.75, 3.05) is 24.5 Å². The summed E-state index contributed by atoms with van der Waals surface area (Å²) in [5.41, 5.74) is 4.29. The summed E-state index contributed by atoms with van der Waals surface area (Å²) in [6, 6.07) is 5.05. The Labute approximate surface area is 245 Å². The van der Waals surface area contributed by atoms with Crippen LogP contribution in [0.2, 0.25) is 0 Å². The Balaban J connectivity index is 1.69.